The van der Waals surface area contributed by atoms with E-state index in [0.29, 0.717) is 0 Å². The van der Waals surface area contributed by atoms with E-state index >= 15 is 0 Å². The molecular formula is C12H18N2O2. The SMILES string of the molecule is CN(C)NCc1ccc2c(c1)OCCCO2. The third-order valence-electron chi connectivity index (χ3n) is 2.41. The summed E-state index contributed by atoms with van der Waals surface area (Å²) in [6, 6.07) is 6.08. The highest BCUT2D eigenvalue weighted by Crippen LogP contribution is 2.30. The lowest BCUT2D eigenvalue weighted by atomic mass is 10.2. The number of hydrazine groups is 1. The van der Waals surface area contributed by atoms with Crippen LogP contribution in [-0.2, 0) is 6.54 Å². The maximum absolute atomic E-state index is 5.63. The van der Waals surface area contributed by atoms with Gasteiger partial charge in [-0.3, -0.25) is 10.4 Å². The normalized spacial score (nSPS) is 14.9. The van der Waals surface area contributed by atoms with Crippen molar-refractivity contribution in [3.05, 3.63) is 23.8 Å². The molecule has 0 saturated heterocycles. The fraction of sp³-hybridized carbons (Fsp3) is 0.500. The lowest BCUT2D eigenvalue weighted by Crippen LogP contribution is -2.29. The zero-order chi connectivity index (χ0) is 11.4. The Bertz CT molecular complexity index is 353. The average Bonchev–Trinajstić information content (AvgIpc) is 2.50. The maximum atomic E-state index is 5.63. The molecule has 2 rings (SSSR count). The third kappa shape index (κ3) is 2.87. The summed E-state index contributed by atoms with van der Waals surface area (Å²) in [5, 5.41) is 1.93. The van der Waals surface area contributed by atoms with Crippen LogP contribution in [0.3, 0.4) is 0 Å². The van der Waals surface area contributed by atoms with E-state index in [2.05, 4.69) is 11.5 Å². The molecular weight excluding hydrogens is 204 g/mol. The molecule has 88 valence electrons. The van der Waals surface area contributed by atoms with Gasteiger partial charge in [0.1, 0.15) is 0 Å². The Balaban J connectivity index is 2.08. The molecule has 0 saturated carbocycles. The lowest BCUT2D eigenvalue weighted by Gasteiger charge is -2.13. The number of fused-ring (bicyclic) bond motifs is 1. The van der Waals surface area contributed by atoms with Crippen molar-refractivity contribution in [1.29, 1.82) is 0 Å². The predicted octanol–water partition coefficient (Wildman–Crippen LogP) is 1.41. The van der Waals surface area contributed by atoms with Crippen molar-refractivity contribution < 1.29 is 9.47 Å². The first kappa shape index (κ1) is 11.2. The molecule has 0 spiro atoms. The molecule has 0 bridgehead atoms. The Labute approximate surface area is 96.1 Å². The molecule has 1 aliphatic heterocycles. The second kappa shape index (κ2) is 5.18. The first-order chi connectivity index (χ1) is 7.75. The Morgan fingerprint density at radius 1 is 1.19 bits per heavy atom. The van der Waals surface area contributed by atoms with Crippen LogP contribution >= 0.6 is 0 Å². The van der Waals surface area contributed by atoms with Crippen LogP contribution in [0.5, 0.6) is 11.5 Å². The van der Waals surface area contributed by atoms with Gasteiger partial charge in [0, 0.05) is 27.1 Å². The van der Waals surface area contributed by atoms with Gasteiger partial charge in [-0.15, -0.1) is 0 Å². The van der Waals surface area contributed by atoms with Crippen LogP contribution < -0.4 is 14.9 Å². The Morgan fingerprint density at radius 3 is 2.69 bits per heavy atom. The zero-order valence-electron chi connectivity index (χ0n) is 9.82. The number of nitrogens with one attached hydrogen (secondary N) is 1. The monoisotopic (exact) mass is 222 g/mol. The van der Waals surface area contributed by atoms with Crippen molar-refractivity contribution >= 4 is 0 Å². The third-order valence-corrected chi connectivity index (χ3v) is 2.41. The summed E-state index contributed by atoms with van der Waals surface area (Å²) in [5.74, 6) is 1.71. The Kier molecular flexibility index (Phi) is 3.64. The van der Waals surface area contributed by atoms with Crippen LogP contribution in [0.25, 0.3) is 0 Å². The minimum Gasteiger partial charge on any atom is -0.490 e. The minimum absolute atomic E-state index is 0.734. The van der Waals surface area contributed by atoms with Gasteiger partial charge in [0.05, 0.1) is 13.2 Å². The van der Waals surface area contributed by atoms with E-state index in [1.807, 2.05) is 31.2 Å². The molecule has 0 aromatic heterocycles. The van der Waals surface area contributed by atoms with Crippen molar-refractivity contribution in [1.82, 2.24) is 10.4 Å². The molecule has 4 nitrogen and oxygen atoms in total. The molecule has 0 aliphatic carbocycles. The van der Waals surface area contributed by atoms with Gasteiger partial charge in [-0.05, 0) is 17.7 Å². The molecule has 0 fully saturated rings. The first-order valence-electron chi connectivity index (χ1n) is 5.55. The molecule has 0 amide bonds. The number of hydrogen-bond acceptors (Lipinski definition) is 4. The largest absolute Gasteiger partial charge is 0.490 e. The van der Waals surface area contributed by atoms with Gasteiger partial charge in [-0.1, -0.05) is 6.07 Å². The minimum atomic E-state index is 0.734. The number of nitrogens with zero attached hydrogens (tertiary/aromatic N) is 1. The van der Waals surface area contributed by atoms with E-state index in [0.717, 1.165) is 37.7 Å². The molecule has 4 heteroatoms. The van der Waals surface area contributed by atoms with Crippen molar-refractivity contribution in [2.75, 3.05) is 27.3 Å². The Hall–Kier alpha value is -1.26. The lowest BCUT2D eigenvalue weighted by molar-refractivity contribution is 0.285. The Morgan fingerprint density at radius 2 is 1.94 bits per heavy atom. The molecule has 0 radical (unpaired) electrons. The first-order valence-corrected chi connectivity index (χ1v) is 5.55. The van der Waals surface area contributed by atoms with E-state index in [1.165, 1.54) is 5.56 Å². The van der Waals surface area contributed by atoms with Crippen LogP contribution in [0.15, 0.2) is 18.2 Å². The van der Waals surface area contributed by atoms with Crippen LogP contribution in [0, 0.1) is 0 Å². The molecule has 0 atom stereocenters. The molecule has 1 N–H and O–H groups in total. The van der Waals surface area contributed by atoms with Crippen LogP contribution in [0.4, 0.5) is 0 Å². The van der Waals surface area contributed by atoms with E-state index in [4.69, 9.17) is 9.47 Å². The molecule has 1 aromatic rings. The number of rotatable bonds is 3. The summed E-state index contributed by atoms with van der Waals surface area (Å²) in [5.41, 5.74) is 4.41. The second-order valence-electron chi connectivity index (χ2n) is 4.06. The fourth-order valence-corrected chi connectivity index (χ4v) is 1.57. The van der Waals surface area contributed by atoms with Gasteiger partial charge < -0.3 is 9.47 Å². The van der Waals surface area contributed by atoms with Crippen molar-refractivity contribution in [3.8, 4) is 11.5 Å². The van der Waals surface area contributed by atoms with Crippen LogP contribution in [0.2, 0.25) is 0 Å². The predicted molar refractivity (Wildman–Crippen MR) is 62.6 cm³/mol. The van der Waals surface area contributed by atoms with Crippen LogP contribution in [-0.4, -0.2) is 32.3 Å². The molecule has 1 heterocycles. The van der Waals surface area contributed by atoms with Gasteiger partial charge in [-0.2, -0.15) is 0 Å². The van der Waals surface area contributed by atoms with Crippen molar-refractivity contribution in [2.45, 2.75) is 13.0 Å². The van der Waals surface area contributed by atoms with E-state index < -0.39 is 0 Å². The summed E-state index contributed by atoms with van der Waals surface area (Å²) < 4.78 is 11.2. The second-order valence-corrected chi connectivity index (χ2v) is 4.06. The highest BCUT2D eigenvalue weighted by molar-refractivity contribution is 5.43. The zero-order valence-corrected chi connectivity index (χ0v) is 9.82. The van der Waals surface area contributed by atoms with Gasteiger partial charge in [0.25, 0.3) is 0 Å². The smallest absolute Gasteiger partial charge is 0.161 e. The standard InChI is InChI=1S/C12H18N2O2/c1-14(2)13-9-10-4-5-11-12(8-10)16-7-3-6-15-11/h4-5,8,13H,3,6-7,9H2,1-2H3. The summed E-state index contributed by atoms with van der Waals surface area (Å²) in [6.45, 7) is 2.27. The van der Waals surface area contributed by atoms with Crippen molar-refractivity contribution in [3.63, 3.8) is 0 Å². The number of ether oxygens (including phenoxy) is 2. The highest BCUT2D eigenvalue weighted by atomic mass is 16.5. The average molecular weight is 222 g/mol. The molecule has 1 aromatic carbocycles. The van der Waals surface area contributed by atoms with Crippen LogP contribution in [0.1, 0.15) is 12.0 Å². The molecule has 1 aliphatic rings. The van der Waals surface area contributed by atoms with Gasteiger partial charge >= 0.3 is 0 Å². The number of benzene rings is 1. The summed E-state index contributed by atoms with van der Waals surface area (Å²) in [7, 11) is 3.95. The highest BCUT2D eigenvalue weighted by Gasteiger charge is 2.10. The fourth-order valence-electron chi connectivity index (χ4n) is 1.57. The summed E-state index contributed by atoms with van der Waals surface area (Å²) in [6.07, 6.45) is 0.944. The summed E-state index contributed by atoms with van der Waals surface area (Å²) in [4.78, 5) is 0. The number of hydrogen-bond donors (Lipinski definition) is 1. The topological polar surface area (TPSA) is 33.7 Å². The van der Waals surface area contributed by atoms with E-state index in [1.54, 1.807) is 0 Å². The maximum Gasteiger partial charge on any atom is 0.161 e. The summed E-state index contributed by atoms with van der Waals surface area (Å²) >= 11 is 0. The molecule has 16 heavy (non-hydrogen) atoms. The van der Waals surface area contributed by atoms with Gasteiger partial charge in [-0.25, -0.2) is 0 Å². The van der Waals surface area contributed by atoms with Gasteiger partial charge in [0.15, 0.2) is 11.5 Å². The van der Waals surface area contributed by atoms with E-state index in [9.17, 15) is 0 Å². The van der Waals surface area contributed by atoms with E-state index in [-0.39, 0.29) is 0 Å². The molecule has 0 unspecified atom stereocenters. The van der Waals surface area contributed by atoms with Gasteiger partial charge in [0.2, 0.25) is 0 Å². The quantitative estimate of drug-likeness (QED) is 0.784. The van der Waals surface area contributed by atoms with Crippen molar-refractivity contribution in [2.24, 2.45) is 0 Å².